The quantitative estimate of drug-likeness (QED) is 0.493. The first-order valence-corrected chi connectivity index (χ1v) is 7.32. The number of amides is 1. The minimum atomic E-state index is -0.418. The average Bonchev–Trinajstić information content (AvgIpc) is 2.79. The Kier molecular flexibility index (Phi) is 5.17. The molecule has 1 aromatic carbocycles. The van der Waals surface area contributed by atoms with Crippen LogP contribution in [0.2, 0.25) is 0 Å². The summed E-state index contributed by atoms with van der Waals surface area (Å²) in [6.07, 6.45) is 0. The molecule has 0 aliphatic rings. The van der Waals surface area contributed by atoms with Gasteiger partial charge in [-0.15, -0.1) is 0 Å². The molecule has 5 nitrogen and oxygen atoms in total. The number of halogens is 1. The van der Waals surface area contributed by atoms with Crippen LogP contribution in [0.4, 0.5) is 0 Å². The Labute approximate surface area is 132 Å². The van der Waals surface area contributed by atoms with E-state index in [1.165, 1.54) is 5.56 Å². The monoisotopic (exact) mass is 351 g/mol. The van der Waals surface area contributed by atoms with Crippen LogP contribution >= 0.6 is 15.9 Å². The van der Waals surface area contributed by atoms with E-state index in [1.807, 2.05) is 26.1 Å². The van der Waals surface area contributed by atoms with Crippen molar-refractivity contribution in [2.45, 2.75) is 20.0 Å². The zero-order valence-corrected chi connectivity index (χ0v) is 13.6. The highest BCUT2D eigenvalue weighted by molar-refractivity contribution is 9.10. The van der Waals surface area contributed by atoms with Crippen LogP contribution in [0.15, 0.2) is 39.2 Å². The highest BCUT2D eigenvalue weighted by Crippen LogP contribution is 2.18. The summed E-state index contributed by atoms with van der Waals surface area (Å²) in [6.45, 7) is 3.34. The van der Waals surface area contributed by atoms with E-state index in [1.54, 1.807) is 6.07 Å². The van der Waals surface area contributed by atoms with Gasteiger partial charge in [0.2, 0.25) is 0 Å². The lowest BCUT2D eigenvalue weighted by Gasteiger charge is -2.16. The molecule has 0 radical (unpaired) electrons. The van der Waals surface area contributed by atoms with Gasteiger partial charge in [-0.25, -0.2) is 5.84 Å². The Morgan fingerprint density at radius 3 is 2.81 bits per heavy atom. The third kappa shape index (κ3) is 4.17. The Balaban J connectivity index is 2.04. The normalized spacial score (nSPS) is 10.9. The molecule has 0 bridgehead atoms. The van der Waals surface area contributed by atoms with Crippen molar-refractivity contribution in [3.8, 4) is 0 Å². The zero-order chi connectivity index (χ0) is 15.4. The number of nitrogens with one attached hydrogen (secondary N) is 1. The summed E-state index contributed by atoms with van der Waals surface area (Å²) in [5.41, 5.74) is 4.26. The molecule has 0 spiro atoms. The molecule has 0 saturated heterocycles. The van der Waals surface area contributed by atoms with Gasteiger partial charge in [0.05, 0.1) is 0 Å². The van der Waals surface area contributed by atoms with E-state index in [0.717, 1.165) is 22.3 Å². The fourth-order valence-electron chi connectivity index (χ4n) is 2.15. The van der Waals surface area contributed by atoms with E-state index in [9.17, 15) is 4.79 Å². The summed E-state index contributed by atoms with van der Waals surface area (Å²) in [5, 5.41) is 0. The van der Waals surface area contributed by atoms with E-state index in [2.05, 4.69) is 38.4 Å². The second-order valence-corrected chi connectivity index (χ2v) is 5.88. The summed E-state index contributed by atoms with van der Waals surface area (Å²) in [4.78, 5) is 13.6. The number of rotatable bonds is 5. The maximum atomic E-state index is 11.4. The Hall–Kier alpha value is -1.63. The summed E-state index contributed by atoms with van der Waals surface area (Å²) in [6, 6.07) is 9.92. The van der Waals surface area contributed by atoms with E-state index in [4.69, 9.17) is 10.3 Å². The van der Waals surface area contributed by atoms with Gasteiger partial charge in [-0.3, -0.25) is 15.1 Å². The van der Waals surface area contributed by atoms with E-state index in [-0.39, 0.29) is 5.76 Å². The van der Waals surface area contributed by atoms with Crippen LogP contribution in [0, 0.1) is 6.92 Å². The van der Waals surface area contributed by atoms with Crippen molar-refractivity contribution < 1.29 is 9.21 Å². The number of aryl methyl sites for hydroxylation is 1. The number of nitrogens with zero attached hydrogens (tertiary/aromatic N) is 1. The van der Waals surface area contributed by atoms with Gasteiger partial charge in [-0.1, -0.05) is 28.1 Å². The molecule has 2 aromatic rings. The molecular formula is C15H18BrN3O2. The third-order valence-corrected chi connectivity index (χ3v) is 3.65. The zero-order valence-electron chi connectivity index (χ0n) is 12.0. The van der Waals surface area contributed by atoms with Gasteiger partial charge in [0.15, 0.2) is 5.76 Å². The number of hydrogen-bond acceptors (Lipinski definition) is 4. The second kappa shape index (κ2) is 6.89. The Bertz CT molecular complexity index is 640. The highest BCUT2D eigenvalue weighted by atomic mass is 79.9. The fourth-order valence-corrected chi connectivity index (χ4v) is 2.60. The minimum absolute atomic E-state index is 0.237. The van der Waals surface area contributed by atoms with Gasteiger partial charge in [0.25, 0.3) is 0 Å². The number of furan rings is 1. The van der Waals surface area contributed by atoms with Crippen molar-refractivity contribution in [2.75, 3.05) is 7.05 Å². The summed E-state index contributed by atoms with van der Waals surface area (Å²) in [7, 11) is 2.02. The summed E-state index contributed by atoms with van der Waals surface area (Å²) in [5.74, 6) is 5.66. The number of hydrazine groups is 1. The predicted molar refractivity (Wildman–Crippen MR) is 84.4 cm³/mol. The lowest BCUT2D eigenvalue weighted by molar-refractivity contribution is 0.0924. The van der Waals surface area contributed by atoms with Crippen molar-refractivity contribution in [2.24, 2.45) is 5.84 Å². The Morgan fingerprint density at radius 2 is 2.14 bits per heavy atom. The van der Waals surface area contributed by atoms with Crippen molar-refractivity contribution in [3.63, 3.8) is 0 Å². The van der Waals surface area contributed by atoms with Crippen LogP contribution in [0.1, 0.15) is 27.4 Å². The van der Waals surface area contributed by atoms with Crippen molar-refractivity contribution >= 4 is 21.8 Å². The highest BCUT2D eigenvalue weighted by Gasteiger charge is 2.14. The number of nitrogens with two attached hydrogens (primary N) is 1. The molecule has 1 aromatic heterocycles. The standard InChI is InChI=1S/C15H18BrN3O2/c1-10-12(7-14(21-10)15(20)18-17)9-19(2)8-11-4-3-5-13(16)6-11/h3-7H,8-9,17H2,1-2H3,(H,18,20). The average molecular weight is 352 g/mol. The molecule has 2 rings (SSSR count). The van der Waals surface area contributed by atoms with Gasteiger partial charge >= 0.3 is 5.91 Å². The molecule has 6 heteroatoms. The second-order valence-electron chi connectivity index (χ2n) is 4.97. The number of hydrogen-bond donors (Lipinski definition) is 2. The third-order valence-electron chi connectivity index (χ3n) is 3.16. The van der Waals surface area contributed by atoms with Crippen LogP contribution < -0.4 is 11.3 Å². The predicted octanol–water partition coefficient (Wildman–Crippen LogP) is 2.59. The number of carbonyl (C=O) groups excluding carboxylic acids is 1. The van der Waals surface area contributed by atoms with E-state index >= 15 is 0 Å². The van der Waals surface area contributed by atoms with Crippen molar-refractivity contribution in [1.82, 2.24) is 10.3 Å². The molecule has 1 heterocycles. The van der Waals surface area contributed by atoms with Gasteiger partial charge in [-0.2, -0.15) is 0 Å². The van der Waals surface area contributed by atoms with Gasteiger partial charge in [-0.05, 0) is 37.7 Å². The fraction of sp³-hybridized carbons (Fsp3) is 0.267. The first-order valence-electron chi connectivity index (χ1n) is 6.53. The maximum absolute atomic E-state index is 11.4. The molecular weight excluding hydrogens is 334 g/mol. The lowest BCUT2D eigenvalue weighted by Crippen LogP contribution is -2.29. The topological polar surface area (TPSA) is 71.5 Å². The number of nitrogen functional groups attached to an aromatic ring is 1. The Morgan fingerprint density at radius 1 is 1.38 bits per heavy atom. The molecule has 0 atom stereocenters. The first kappa shape index (κ1) is 15.8. The molecule has 3 N–H and O–H groups in total. The number of benzene rings is 1. The molecule has 0 aliphatic heterocycles. The summed E-state index contributed by atoms with van der Waals surface area (Å²) < 4.78 is 6.48. The first-order chi connectivity index (χ1) is 9.99. The van der Waals surface area contributed by atoms with Crippen LogP contribution in [-0.2, 0) is 13.1 Å². The SMILES string of the molecule is Cc1oc(C(=O)NN)cc1CN(C)Cc1cccc(Br)c1. The summed E-state index contributed by atoms with van der Waals surface area (Å²) >= 11 is 3.47. The van der Waals surface area contributed by atoms with Gasteiger partial charge in [0.1, 0.15) is 5.76 Å². The van der Waals surface area contributed by atoms with Crippen LogP contribution in [0.5, 0.6) is 0 Å². The minimum Gasteiger partial charge on any atom is -0.456 e. The van der Waals surface area contributed by atoms with Crippen molar-refractivity contribution in [1.29, 1.82) is 0 Å². The number of carbonyl (C=O) groups is 1. The largest absolute Gasteiger partial charge is 0.456 e. The van der Waals surface area contributed by atoms with Crippen LogP contribution in [0.25, 0.3) is 0 Å². The van der Waals surface area contributed by atoms with E-state index in [0.29, 0.717) is 6.54 Å². The molecule has 0 fully saturated rings. The van der Waals surface area contributed by atoms with E-state index < -0.39 is 5.91 Å². The molecule has 0 aliphatic carbocycles. The van der Waals surface area contributed by atoms with Crippen molar-refractivity contribution in [3.05, 3.63) is 57.5 Å². The molecule has 112 valence electrons. The lowest BCUT2D eigenvalue weighted by atomic mass is 10.2. The molecule has 0 saturated carbocycles. The molecule has 0 unspecified atom stereocenters. The van der Waals surface area contributed by atoms with Crippen LogP contribution in [-0.4, -0.2) is 17.9 Å². The maximum Gasteiger partial charge on any atom is 0.300 e. The van der Waals surface area contributed by atoms with Crippen LogP contribution in [0.3, 0.4) is 0 Å². The van der Waals surface area contributed by atoms with Gasteiger partial charge in [0, 0.05) is 23.1 Å². The van der Waals surface area contributed by atoms with Gasteiger partial charge < -0.3 is 4.42 Å². The molecule has 21 heavy (non-hydrogen) atoms. The smallest absolute Gasteiger partial charge is 0.300 e. The molecule has 1 amide bonds.